The Hall–Kier alpha value is -7.48. The summed E-state index contributed by atoms with van der Waals surface area (Å²) in [7, 11) is -4.71. The second kappa shape index (κ2) is 15.9. The lowest BCUT2D eigenvalue weighted by molar-refractivity contribution is 1.31. The van der Waals surface area contributed by atoms with Crippen LogP contribution in [-0.4, -0.2) is 16.9 Å². The topological polar surface area (TPSA) is 3.24 Å². The minimum atomic E-state index is -2.83. The van der Waals surface area contributed by atoms with Gasteiger partial charge in [0.2, 0.25) is 0 Å². The van der Waals surface area contributed by atoms with Gasteiger partial charge in [0.25, 0.3) is 0 Å². The fourth-order valence-electron chi connectivity index (χ4n) is 11.3. The summed E-state index contributed by atoms with van der Waals surface area (Å²) in [6.45, 7) is 0. The van der Waals surface area contributed by atoms with Crippen LogP contribution in [-0.2, 0) is 0 Å². The fourth-order valence-corrected chi connectivity index (χ4v) is 23.7. The van der Waals surface area contributed by atoms with Gasteiger partial charge in [-0.3, -0.25) is 0 Å². The molecular formula is C62H43NSSi2. The molecule has 0 amide bonds. The molecule has 66 heavy (non-hydrogen) atoms. The molecule has 1 spiro atoms. The predicted octanol–water partition coefficient (Wildman–Crippen LogP) is 11.2. The zero-order valence-corrected chi connectivity index (χ0v) is 39.2. The Bertz CT molecular complexity index is 3590. The van der Waals surface area contributed by atoms with Gasteiger partial charge in [0.05, 0.1) is 11.4 Å². The van der Waals surface area contributed by atoms with E-state index in [9.17, 15) is 0 Å². The number of hydrogen-bond donors (Lipinski definition) is 0. The van der Waals surface area contributed by atoms with Crippen LogP contribution in [0.5, 0.6) is 0 Å². The van der Waals surface area contributed by atoms with Gasteiger partial charge in [-0.2, -0.15) is 0 Å². The molecule has 0 radical (unpaired) electrons. The van der Waals surface area contributed by atoms with Crippen LogP contribution in [0.15, 0.2) is 265 Å². The molecule has 0 fully saturated rings. The molecule has 2 aliphatic heterocycles. The van der Waals surface area contributed by atoms with Crippen molar-refractivity contribution in [2.75, 3.05) is 4.90 Å². The molecule has 4 heteroatoms. The zero-order chi connectivity index (χ0) is 43.6. The maximum atomic E-state index is 2.65. The number of benzene rings is 11. The first-order valence-corrected chi connectivity index (χ1v) is 27.4. The Morgan fingerprint density at radius 3 is 1.65 bits per heavy atom. The van der Waals surface area contributed by atoms with E-state index in [0.29, 0.717) is 0 Å². The molecule has 0 saturated carbocycles. The van der Waals surface area contributed by atoms with Gasteiger partial charge in [-0.05, 0) is 90.2 Å². The highest BCUT2D eigenvalue weighted by Gasteiger charge is 2.53. The van der Waals surface area contributed by atoms with Crippen LogP contribution < -0.4 is 41.2 Å². The Balaban J connectivity index is 1.05. The summed E-state index contributed by atoms with van der Waals surface area (Å²) in [5, 5.41) is 15.6. The van der Waals surface area contributed by atoms with E-state index < -0.39 is 16.9 Å². The Kier molecular flexibility index (Phi) is 9.38. The first-order chi connectivity index (χ1) is 32.8. The zero-order valence-electron chi connectivity index (χ0n) is 36.2. The first kappa shape index (κ1) is 38.9. The minimum Gasteiger partial charge on any atom is -0.309 e. The highest BCUT2D eigenvalue weighted by atomic mass is 32.2. The van der Waals surface area contributed by atoms with Crippen LogP contribution in [0.1, 0.15) is 0 Å². The number of nitrogens with zero attached hydrogens (tertiary/aromatic N) is 1. The van der Waals surface area contributed by atoms with Crippen LogP contribution in [0.25, 0.3) is 43.8 Å². The quantitative estimate of drug-likeness (QED) is 0.153. The maximum Gasteiger partial charge on any atom is 0.181 e. The van der Waals surface area contributed by atoms with Crippen molar-refractivity contribution < 1.29 is 0 Å². The summed E-state index contributed by atoms with van der Waals surface area (Å²) in [5.74, 6) is 0. The third kappa shape index (κ3) is 6.06. The summed E-state index contributed by atoms with van der Waals surface area (Å²) >= 11 is 1.94. The molecule has 2 aliphatic rings. The molecule has 0 bridgehead atoms. The lowest BCUT2D eigenvalue weighted by Crippen LogP contribution is -2.87. The van der Waals surface area contributed by atoms with Gasteiger partial charge in [0, 0.05) is 26.3 Å². The lowest BCUT2D eigenvalue weighted by Gasteiger charge is -2.46. The van der Waals surface area contributed by atoms with Gasteiger partial charge in [-0.1, -0.05) is 246 Å². The fraction of sp³-hybridized carbons (Fsp3) is 0. The van der Waals surface area contributed by atoms with Crippen LogP contribution in [0.2, 0.25) is 0 Å². The Labute approximate surface area is 392 Å². The normalized spacial score (nSPS) is 14.3. The van der Waals surface area contributed by atoms with E-state index >= 15 is 0 Å². The minimum absolute atomic E-state index is 1.12. The number of rotatable bonds is 6. The van der Waals surface area contributed by atoms with Crippen molar-refractivity contribution in [3.8, 4) is 22.3 Å². The van der Waals surface area contributed by atoms with E-state index in [1.54, 1.807) is 20.7 Å². The van der Waals surface area contributed by atoms with E-state index in [0.717, 1.165) is 17.1 Å². The van der Waals surface area contributed by atoms with Crippen molar-refractivity contribution in [1.29, 1.82) is 0 Å². The Morgan fingerprint density at radius 2 is 0.894 bits per heavy atom. The SMILES string of the molecule is c1ccc(-c2ccc(N(c3cccc4ccccc34)c3ccc(-c4ccc5c(c4)[Si]4(c6ccccc6Sc6ccccc64)c4ccccc4[SiH]5c4ccccc4)c4ccccc34)cc2)cc1. The third-order valence-corrected chi connectivity index (χ3v) is 24.5. The average Bonchev–Trinajstić information content (AvgIpc) is 3.39. The summed E-state index contributed by atoms with van der Waals surface area (Å²) < 4.78 is 0. The average molecular weight is 890 g/mol. The molecule has 11 aromatic rings. The molecule has 1 nitrogen and oxygen atoms in total. The smallest absolute Gasteiger partial charge is 0.181 e. The molecule has 310 valence electrons. The summed E-state index contributed by atoms with van der Waals surface area (Å²) in [5.41, 5.74) is 8.36. The monoisotopic (exact) mass is 889 g/mol. The van der Waals surface area contributed by atoms with Crippen molar-refractivity contribution in [3.63, 3.8) is 0 Å². The van der Waals surface area contributed by atoms with E-state index in [2.05, 4.69) is 260 Å². The number of fused-ring (bicyclic) bond motifs is 10. The number of anilines is 3. The molecule has 0 saturated heterocycles. The van der Waals surface area contributed by atoms with Crippen molar-refractivity contribution in [3.05, 3.63) is 255 Å². The Morgan fingerprint density at radius 1 is 0.348 bits per heavy atom. The predicted molar refractivity (Wildman–Crippen MR) is 287 cm³/mol. The van der Waals surface area contributed by atoms with Gasteiger partial charge in [-0.15, -0.1) is 0 Å². The molecule has 13 rings (SSSR count). The van der Waals surface area contributed by atoms with Crippen molar-refractivity contribution in [2.45, 2.75) is 9.79 Å². The van der Waals surface area contributed by atoms with Crippen LogP contribution in [0.4, 0.5) is 17.1 Å². The first-order valence-electron chi connectivity index (χ1n) is 22.9. The third-order valence-electron chi connectivity index (χ3n) is 14.1. The lowest BCUT2D eigenvalue weighted by atomic mass is 9.96. The highest BCUT2D eigenvalue weighted by molar-refractivity contribution is 8.00. The summed E-state index contributed by atoms with van der Waals surface area (Å²) in [4.78, 5) is 5.24. The molecular weight excluding hydrogens is 847 g/mol. The highest BCUT2D eigenvalue weighted by Crippen LogP contribution is 2.45. The molecule has 1 unspecified atom stereocenters. The largest absolute Gasteiger partial charge is 0.309 e. The van der Waals surface area contributed by atoms with E-state index in [-0.39, 0.29) is 0 Å². The van der Waals surface area contributed by atoms with Gasteiger partial charge in [0.1, 0.15) is 8.80 Å². The second-order valence-electron chi connectivity index (χ2n) is 17.5. The van der Waals surface area contributed by atoms with Crippen LogP contribution >= 0.6 is 11.8 Å². The maximum absolute atomic E-state index is 2.83. The molecule has 1 atom stereocenters. The van der Waals surface area contributed by atoms with Gasteiger partial charge in [-0.25, -0.2) is 0 Å². The molecule has 0 N–H and O–H groups in total. The standard InChI is InChI=1S/C62H43NSSi2/c1-3-18-43(19-4-1)44-34-37-47(38-35-44)63(53-27-17-21-45-20-7-8-24-50(45)53)54-40-39-49(51-25-9-10-26-52(51)54)46-36-41-58-62(42-46)66(59-31-14-11-28-55(59)64-56-29-12-15-32-60(56)66)61-33-16-13-30-57(61)65(58)48-22-5-2-6-23-48/h1-42,65H. The van der Waals surface area contributed by atoms with Crippen molar-refractivity contribution in [2.24, 2.45) is 0 Å². The summed E-state index contributed by atoms with van der Waals surface area (Å²) in [6, 6.07) is 96.2. The molecule has 0 aromatic heterocycles. The molecule has 11 aromatic carbocycles. The van der Waals surface area contributed by atoms with E-state index in [4.69, 9.17) is 0 Å². The van der Waals surface area contributed by atoms with Crippen LogP contribution in [0, 0.1) is 0 Å². The van der Waals surface area contributed by atoms with Crippen LogP contribution in [0.3, 0.4) is 0 Å². The van der Waals surface area contributed by atoms with Gasteiger partial charge < -0.3 is 4.90 Å². The van der Waals surface area contributed by atoms with Crippen molar-refractivity contribution >= 4 is 104 Å². The second-order valence-corrected chi connectivity index (χ2v) is 25.0. The van der Waals surface area contributed by atoms with Crippen molar-refractivity contribution in [1.82, 2.24) is 0 Å². The van der Waals surface area contributed by atoms with Gasteiger partial charge in [0.15, 0.2) is 8.07 Å². The summed E-state index contributed by atoms with van der Waals surface area (Å²) in [6.07, 6.45) is 0. The number of hydrogen-bond acceptors (Lipinski definition) is 2. The molecule has 0 aliphatic carbocycles. The van der Waals surface area contributed by atoms with E-state index in [1.165, 1.54) is 69.1 Å². The van der Waals surface area contributed by atoms with Gasteiger partial charge >= 0.3 is 0 Å². The molecule has 2 heterocycles. The van der Waals surface area contributed by atoms with E-state index in [1.807, 2.05) is 11.8 Å².